The highest BCUT2D eigenvalue weighted by atomic mass is 32.1. The van der Waals surface area contributed by atoms with Crippen LogP contribution in [0.4, 0.5) is 0 Å². The van der Waals surface area contributed by atoms with Gasteiger partial charge in [-0.25, -0.2) is 0 Å². The second kappa shape index (κ2) is 2.88. The molecule has 1 aliphatic heterocycles. The minimum atomic E-state index is -0.794. The molecule has 0 unspecified atom stereocenters. The van der Waals surface area contributed by atoms with Crippen LogP contribution < -0.4 is 0 Å². The van der Waals surface area contributed by atoms with Gasteiger partial charge in [-0.05, 0) is 0 Å². The Morgan fingerprint density at radius 3 is 2.67 bits per heavy atom. The molecule has 53 valence electrons. The van der Waals surface area contributed by atoms with Gasteiger partial charge in [0, 0.05) is 0 Å². The molecule has 0 aromatic rings. The van der Waals surface area contributed by atoms with Crippen LogP contribution in [0.1, 0.15) is 0 Å². The van der Waals surface area contributed by atoms with E-state index in [9.17, 15) is 0 Å². The predicted molar refractivity (Wildman–Crippen MR) is 35.0 cm³/mol. The third-order valence-corrected chi connectivity index (χ3v) is 1.67. The summed E-state index contributed by atoms with van der Waals surface area (Å²) in [6, 6.07) is 0. The van der Waals surface area contributed by atoms with Gasteiger partial charge in [-0.3, -0.25) is 0 Å². The van der Waals surface area contributed by atoms with Crippen molar-refractivity contribution in [3.05, 3.63) is 6.61 Å². The molecule has 0 amide bonds. The molecule has 1 radical (unpaired) electrons. The Balaban J connectivity index is 2.41. The number of ether oxygens (including phenoxy) is 1. The van der Waals surface area contributed by atoms with E-state index >= 15 is 0 Å². The molecular weight excluding hydrogens is 140 g/mol. The molecule has 0 spiro atoms. The maximum absolute atomic E-state index is 9.01. The highest BCUT2D eigenvalue weighted by molar-refractivity contribution is 7.81. The smallest absolute Gasteiger partial charge is 0.104 e. The lowest BCUT2D eigenvalue weighted by molar-refractivity contribution is -0.0578. The van der Waals surface area contributed by atoms with Crippen molar-refractivity contribution in [2.24, 2.45) is 0 Å². The lowest BCUT2D eigenvalue weighted by Crippen LogP contribution is -2.42. The van der Waals surface area contributed by atoms with Crippen molar-refractivity contribution in [2.45, 2.75) is 17.5 Å². The minimum absolute atomic E-state index is 0.165. The molecule has 4 heteroatoms. The lowest BCUT2D eigenvalue weighted by atomic mass is 10.1. The van der Waals surface area contributed by atoms with Crippen LogP contribution in [0.3, 0.4) is 0 Å². The Hall–Kier alpha value is 0.230. The average Bonchev–Trinajstić information content (AvgIpc) is 1.83. The fourth-order valence-corrected chi connectivity index (χ4v) is 0.944. The molecule has 9 heavy (non-hydrogen) atoms. The van der Waals surface area contributed by atoms with Gasteiger partial charge in [0.05, 0.1) is 24.6 Å². The van der Waals surface area contributed by atoms with Crippen molar-refractivity contribution in [3.8, 4) is 0 Å². The van der Waals surface area contributed by atoms with Crippen LogP contribution in [0.15, 0.2) is 0 Å². The number of hydrogen-bond acceptors (Lipinski definition) is 4. The average molecular weight is 149 g/mol. The first-order chi connectivity index (χ1) is 4.22. The van der Waals surface area contributed by atoms with Gasteiger partial charge in [-0.1, -0.05) is 0 Å². The first-order valence-corrected chi connectivity index (χ1v) is 3.22. The molecule has 1 heterocycles. The zero-order valence-corrected chi connectivity index (χ0v) is 5.66. The first kappa shape index (κ1) is 7.34. The van der Waals surface area contributed by atoms with Crippen molar-refractivity contribution in [2.75, 3.05) is 6.61 Å². The number of rotatable bonds is 0. The molecule has 0 aromatic carbocycles. The van der Waals surface area contributed by atoms with E-state index in [1.54, 1.807) is 0 Å². The van der Waals surface area contributed by atoms with Gasteiger partial charge in [-0.15, -0.1) is 0 Å². The summed E-state index contributed by atoms with van der Waals surface area (Å²) in [5, 5.41) is 17.5. The van der Waals surface area contributed by atoms with Crippen molar-refractivity contribution < 1.29 is 14.9 Å². The van der Waals surface area contributed by atoms with Crippen molar-refractivity contribution >= 4 is 12.6 Å². The van der Waals surface area contributed by atoms with Crippen LogP contribution >= 0.6 is 12.6 Å². The maximum atomic E-state index is 9.01. The Morgan fingerprint density at radius 2 is 2.22 bits per heavy atom. The van der Waals surface area contributed by atoms with Crippen molar-refractivity contribution in [1.29, 1.82) is 0 Å². The quantitative estimate of drug-likeness (QED) is 0.395. The van der Waals surface area contributed by atoms with Crippen molar-refractivity contribution in [1.82, 2.24) is 0 Å². The van der Waals surface area contributed by atoms with E-state index in [4.69, 9.17) is 14.9 Å². The summed E-state index contributed by atoms with van der Waals surface area (Å²) in [7, 11) is 0. The minimum Gasteiger partial charge on any atom is -0.389 e. The molecule has 1 aliphatic rings. The second-order valence-electron chi connectivity index (χ2n) is 2.02. The Morgan fingerprint density at radius 1 is 1.56 bits per heavy atom. The largest absolute Gasteiger partial charge is 0.389 e. The summed E-state index contributed by atoms with van der Waals surface area (Å²) >= 11 is 3.92. The molecule has 3 nitrogen and oxygen atoms in total. The van der Waals surface area contributed by atoms with Crippen molar-refractivity contribution in [3.63, 3.8) is 0 Å². The Kier molecular flexibility index (Phi) is 2.35. The van der Waals surface area contributed by atoms with Crippen LogP contribution in [0.5, 0.6) is 0 Å². The van der Waals surface area contributed by atoms with Gasteiger partial charge in [0.1, 0.15) is 6.10 Å². The van der Waals surface area contributed by atoms with Crippen LogP contribution in [-0.2, 0) is 4.74 Å². The molecule has 0 aliphatic carbocycles. The standard InChI is InChI=1S/C5H9O3S/c6-3-1-8-2-4(9)5(3)7/h2-7,9H,1H2/t3-,4+,5+/m1/s1. The van der Waals surface area contributed by atoms with Gasteiger partial charge >= 0.3 is 0 Å². The molecule has 1 fully saturated rings. The van der Waals surface area contributed by atoms with E-state index in [0.717, 1.165) is 0 Å². The highest BCUT2D eigenvalue weighted by Crippen LogP contribution is 2.16. The van der Waals surface area contributed by atoms with Crippen LogP contribution in [0, 0.1) is 6.61 Å². The fourth-order valence-electron chi connectivity index (χ4n) is 0.659. The van der Waals surface area contributed by atoms with E-state index in [1.807, 2.05) is 0 Å². The molecular formula is C5H9O3S. The normalized spacial score (nSPS) is 45.0. The third-order valence-electron chi connectivity index (χ3n) is 1.25. The topological polar surface area (TPSA) is 49.7 Å². The number of hydrogen-bond donors (Lipinski definition) is 3. The number of aliphatic hydroxyl groups excluding tert-OH is 2. The summed E-state index contributed by atoms with van der Waals surface area (Å²) in [5.74, 6) is 0. The molecule has 0 saturated carbocycles. The summed E-state index contributed by atoms with van der Waals surface area (Å²) in [6.45, 7) is 1.58. The first-order valence-electron chi connectivity index (χ1n) is 2.71. The van der Waals surface area contributed by atoms with Gasteiger partial charge in [-0.2, -0.15) is 12.6 Å². The maximum Gasteiger partial charge on any atom is 0.104 e. The SMILES string of the molecule is O[C@H]1[C@H](O)CO[CH][C@@H]1S. The van der Waals surface area contributed by atoms with Gasteiger partial charge in [0.2, 0.25) is 0 Å². The van der Waals surface area contributed by atoms with E-state index in [-0.39, 0.29) is 11.9 Å². The lowest BCUT2D eigenvalue weighted by Gasteiger charge is -2.27. The monoisotopic (exact) mass is 149 g/mol. The molecule has 1 saturated heterocycles. The number of aliphatic hydroxyl groups is 2. The fraction of sp³-hybridized carbons (Fsp3) is 0.800. The molecule has 1 rings (SSSR count). The molecule has 3 atom stereocenters. The van der Waals surface area contributed by atoms with Gasteiger partial charge in [0.15, 0.2) is 0 Å². The molecule has 0 bridgehead atoms. The summed E-state index contributed by atoms with van der Waals surface area (Å²) in [6.07, 6.45) is -1.58. The van der Waals surface area contributed by atoms with Gasteiger partial charge in [0.25, 0.3) is 0 Å². The van der Waals surface area contributed by atoms with Gasteiger partial charge < -0.3 is 14.9 Å². The summed E-state index contributed by atoms with van der Waals surface area (Å²) < 4.78 is 4.75. The van der Waals surface area contributed by atoms with E-state index in [0.29, 0.717) is 0 Å². The van der Waals surface area contributed by atoms with Crippen LogP contribution in [0.2, 0.25) is 0 Å². The predicted octanol–water partition coefficient (Wildman–Crippen LogP) is -0.801. The Labute approximate surface area is 59.1 Å². The van der Waals surface area contributed by atoms with Crippen LogP contribution in [0.25, 0.3) is 0 Å². The zero-order valence-electron chi connectivity index (χ0n) is 4.77. The Bertz CT molecular complexity index is 88.2. The zero-order chi connectivity index (χ0) is 6.85. The van der Waals surface area contributed by atoms with E-state index in [1.165, 1.54) is 6.61 Å². The number of thiol groups is 1. The second-order valence-corrected chi connectivity index (χ2v) is 2.61. The van der Waals surface area contributed by atoms with E-state index in [2.05, 4.69) is 12.6 Å². The summed E-state index contributed by atoms with van der Waals surface area (Å²) in [5.41, 5.74) is 0. The molecule has 2 N–H and O–H groups in total. The highest BCUT2D eigenvalue weighted by Gasteiger charge is 2.28. The summed E-state index contributed by atoms with van der Waals surface area (Å²) in [4.78, 5) is 0. The third kappa shape index (κ3) is 1.58. The van der Waals surface area contributed by atoms with Crippen LogP contribution in [-0.4, -0.2) is 34.3 Å². The molecule has 0 aromatic heterocycles. The van der Waals surface area contributed by atoms with E-state index < -0.39 is 12.2 Å².